The summed E-state index contributed by atoms with van der Waals surface area (Å²) in [6.45, 7) is 3.69. The molecule has 5 amide bonds. The summed E-state index contributed by atoms with van der Waals surface area (Å²) >= 11 is 12.2. The van der Waals surface area contributed by atoms with Gasteiger partial charge in [-0.2, -0.15) is 5.06 Å². The standard InChI is InChI=1S/C29H31Cl2N7O6/c1-29(2)26(37(42)27(40)32-22-9-5-7-19(30)17-22)36(24-10-6-8-20(31)18-24)28(41)35(29)16-4-3-11-25(39)34-33-21-12-14-23(15-13-21)38(43)44/h5-10,12-15,17-18,26,33,42H,3-4,11,16H2,1-2H3,(H,32,40)(H,34,39). The average molecular weight is 645 g/mol. The van der Waals surface area contributed by atoms with E-state index in [9.17, 15) is 29.7 Å². The van der Waals surface area contributed by atoms with E-state index in [0.717, 1.165) is 0 Å². The van der Waals surface area contributed by atoms with Gasteiger partial charge in [0.15, 0.2) is 6.17 Å². The van der Waals surface area contributed by atoms with E-state index in [-0.39, 0.29) is 24.6 Å². The smallest absolute Gasteiger partial charge is 0.315 e. The number of hydrogen-bond donors (Lipinski definition) is 4. The van der Waals surface area contributed by atoms with Crippen LogP contribution < -0.4 is 21.1 Å². The van der Waals surface area contributed by atoms with Crippen LogP contribution in [0.5, 0.6) is 0 Å². The second kappa shape index (κ2) is 13.8. The van der Waals surface area contributed by atoms with E-state index in [2.05, 4.69) is 16.2 Å². The van der Waals surface area contributed by atoms with Gasteiger partial charge in [0.1, 0.15) is 0 Å². The Hall–Kier alpha value is -4.59. The first kappa shape index (κ1) is 32.3. The summed E-state index contributed by atoms with van der Waals surface area (Å²) in [5.41, 5.74) is 5.32. The summed E-state index contributed by atoms with van der Waals surface area (Å²) in [6, 6.07) is 17.2. The first-order valence-electron chi connectivity index (χ1n) is 13.6. The van der Waals surface area contributed by atoms with Gasteiger partial charge in [-0.15, -0.1) is 0 Å². The molecule has 3 aromatic rings. The predicted molar refractivity (Wildman–Crippen MR) is 167 cm³/mol. The highest BCUT2D eigenvalue weighted by Gasteiger charge is 2.55. The third-order valence-corrected chi connectivity index (χ3v) is 7.54. The molecule has 0 radical (unpaired) electrons. The fourth-order valence-corrected chi connectivity index (χ4v) is 5.27. The maximum Gasteiger partial charge on any atom is 0.347 e. The Balaban J connectivity index is 1.42. The Morgan fingerprint density at radius 2 is 1.66 bits per heavy atom. The Bertz CT molecular complexity index is 1540. The van der Waals surface area contributed by atoms with E-state index in [0.29, 0.717) is 45.0 Å². The van der Waals surface area contributed by atoms with Gasteiger partial charge in [0, 0.05) is 46.5 Å². The predicted octanol–water partition coefficient (Wildman–Crippen LogP) is 6.49. The molecular formula is C29H31Cl2N7O6. The number of hydrazine groups is 1. The van der Waals surface area contributed by atoms with Gasteiger partial charge in [-0.3, -0.25) is 35.9 Å². The molecule has 4 rings (SSSR count). The van der Waals surface area contributed by atoms with Crippen LogP contribution in [0.2, 0.25) is 10.0 Å². The number of anilines is 3. The molecule has 0 aliphatic carbocycles. The number of nitrogens with one attached hydrogen (secondary N) is 3. The van der Waals surface area contributed by atoms with Crippen LogP contribution in [-0.4, -0.2) is 56.3 Å². The molecule has 4 N–H and O–H groups in total. The lowest BCUT2D eigenvalue weighted by Gasteiger charge is -2.38. The highest BCUT2D eigenvalue weighted by molar-refractivity contribution is 6.31. The molecule has 0 saturated carbocycles. The van der Waals surface area contributed by atoms with Gasteiger partial charge in [0.2, 0.25) is 5.91 Å². The molecule has 1 fully saturated rings. The number of rotatable bonds is 11. The molecule has 3 aromatic carbocycles. The fraction of sp³-hybridized carbons (Fsp3) is 0.276. The largest absolute Gasteiger partial charge is 0.347 e. The number of urea groups is 2. The van der Waals surface area contributed by atoms with E-state index in [4.69, 9.17) is 23.2 Å². The van der Waals surface area contributed by atoms with Gasteiger partial charge in [0.25, 0.3) is 5.69 Å². The van der Waals surface area contributed by atoms with Crippen LogP contribution in [-0.2, 0) is 4.79 Å². The maximum absolute atomic E-state index is 13.8. The van der Waals surface area contributed by atoms with E-state index in [1.807, 2.05) is 0 Å². The Labute approximate surface area is 263 Å². The molecule has 232 valence electrons. The van der Waals surface area contributed by atoms with Crippen LogP contribution in [0.15, 0.2) is 72.8 Å². The monoisotopic (exact) mass is 643 g/mol. The molecule has 13 nitrogen and oxygen atoms in total. The molecule has 1 heterocycles. The summed E-state index contributed by atoms with van der Waals surface area (Å²) in [7, 11) is 0. The number of unbranched alkanes of at least 4 members (excludes halogenated alkanes) is 1. The molecule has 0 bridgehead atoms. The number of hydroxylamine groups is 2. The van der Waals surface area contributed by atoms with Gasteiger partial charge in [-0.05, 0) is 75.2 Å². The summed E-state index contributed by atoms with van der Waals surface area (Å²) in [4.78, 5) is 52.5. The van der Waals surface area contributed by atoms with Crippen molar-refractivity contribution < 1.29 is 24.5 Å². The third kappa shape index (κ3) is 7.48. The number of halogens is 2. The molecule has 44 heavy (non-hydrogen) atoms. The number of nitro benzene ring substituents is 1. The number of amides is 5. The summed E-state index contributed by atoms with van der Waals surface area (Å²) in [5, 5.41) is 25.8. The van der Waals surface area contributed by atoms with E-state index >= 15 is 0 Å². The molecule has 1 aliphatic rings. The summed E-state index contributed by atoms with van der Waals surface area (Å²) in [6.07, 6.45) is -0.149. The first-order chi connectivity index (χ1) is 20.9. The lowest BCUT2D eigenvalue weighted by molar-refractivity contribution is -0.384. The molecule has 1 atom stereocenters. The normalized spacial score (nSPS) is 15.6. The Kier molecular flexibility index (Phi) is 10.1. The number of nitro groups is 1. The van der Waals surface area contributed by atoms with Crippen molar-refractivity contribution in [3.8, 4) is 0 Å². The van der Waals surface area contributed by atoms with Crippen molar-refractivity contribution in [1.82, 2.24) is 15.4 Å². The minimum Gasteiger partial charge on any atom is -0.315 e. The maximum atomic E-state index is 13.8. The van der Waals surface area contributed by atoms with Crippen molar-refractivity contribution in [2.75, 3.05) is 22.2 Å². The van der Waals surface area contributed by atoms with E-state index in [1.165, 1.54) is 35.2 Å². The molecule has 1 aliphatic heterocycles. The highest BCUT2D eigenvalue weighted by atomic mass is 35.5. The number of carbonyl (C=O) groups excluding carboxylic acids is 3. The van der Waals surface area contributed by atoms with Crippen molar-refractivity contribution >= 4 is 63.9 Å². The van der Waals surface area contributed by atoms with Crippen LogP contribution in [0, 0.1) is 10.1 Å². The van der Waals surface area contributed by atoms with Crippen LogP contribution in [0.25, 0.3) is 0 Å². The Morgan fingerprint density at radius 3 is 2.30 bits per heavy atom. The lowest BCUT2D eigenvalue weighted by Crippen LogP contribution is -2.58. The molecular weight excluding hydrogens is 613 g/mol. The van der Waals surface area contributed by atoms with Gasteiger partial charge >= 0.3 is 12.1 Å². The Morgan fingerprint density at radius 1 is 1.00 bits per heavy atom. The minimum atomic E-state index is -1.15. The van der Waals surface area contributed by atoms with Crippen LogP contribution in [0.3, 0.4) is 0 Å². The second-order valence-electron chi connectivity index (χ2n) is 10.5. The number of carbonyl (C=O) groups is 3. The quantitative estimate of drug-likeness (QED) is 0.0804. The number of benzene rings is 3. The zero-order chi connectivity index (χ0) is 32.0. The van der Waals surface area contributed by atoms with Crippen molar-refractivity contribution in [3.63, 3.8) is 0 Å². The molecule has 15 heteroatoms. The van der Waals surface area contributed by atoms with Crippen LogP contribution in [0.4, 0.5) is 32.3 Å². The van der Waals surface area contributed by atoms with Crippen LogP contribution >= 0.6 is 23.2 Å². The lowest BCUT2D eigenvalue weighted by atomic mass is 9.99. The van der Waals surface area contributed by atoms with Crippen molar-refractivity contribution in [3.05, 3.63) is 93.0 Å². The summed E-state index contributed by atoms with van der Waals surface area (Å²) in [5.74, 6) is -0.312. The van der Waals surface area contributed by atoms with Crippen molar-refractivity contribution in [1.29, 1.82) is 0 Å². The van der Waals surface area contributed by atoms with Crippen molar-refractivity contribution in [2.24, 2.45) is 0 Å². The van der Waals surface area contributed by atoms with Gasteiger partial charge in [-0.1, -0.05) is 35.3 Å². The molecule has 1 unspecified atom stereocenters. The van der Waals surface area contributed by atoms with Crippen molar-refractivity contribution in [2.45, 2.75) is 44.8 Å². The van der Waals surface area contributed by atoms with Gasteiger partial charge < -0.3 is 10.2 Å². The number of hydrogen-bond acceptors (Lipinski definition) is 7. The zero-order valence-electron chi connectivity index (χ0n) is 23.9. The van der Waals surface area contributed by atoms with Crippen LogP contribution in [0.1, 0.15) is 33.1 Å². The second-order valence-corrected chi connectivity index (χ2v) is 11.4. The number of nitrogens with zero attached hydrogens (tertiary/aromatic N) is 4. The van der Waals surface area contributed by atoms with E-state index < -0.39 is 28.7 Å². The van der Waals surface area contributed by atoms with Gasteiger partial charge in [0.05, 0.1) is 16.1 Å². The average Bonchev–Trinajstić information content (AvgIpc) is 3.18. The topological polar surface area (TPSA) is 160 Å². The minimum absolute atomic E-state index is 0.0662. The fourth-order valence-electron chi connectivity index (χ4n) is 4.89. The highest BCUT2D eigenvalue weighted by Crippen LogP contribution is 2.39. The van der Waals surface area contributed by atoms with E-state index in [1.54, 1.807) is 61.2 Å². The van der Waals surface area contributed by atoms with Gasteiger partial charge in [-0.25, -0.2) is 9.59 Å². The molecule has 0 spiro atoms. The SMILES string of the molecule is CC1(C)C(N(O)C(=O)Nc2cccc(Cl)c2)N(c2cccc(Cl)c2)C(=O)N1CCCCC(=O)NNc1ccc([N+](=O)[O-])cc1. The zero-order valence-corrected chi connectivity index (χ0v) is 25.4. The first-order valence-corrected chi connectivity index (χ1v) is 14.3. The third-order valence-electron chi connectivity index (χ3n) is 7.07. The molecule has 1 saturated heterocycles. The number of non-ortho nitro benzene ring substituents is 1. The molecule has 0 aromatic heterocycles. The summed E-state index contributed by atoms with van der Waals surface area (Å²) < 4.78 is 0.